The van der Waals surface area contributed by atoms with Gasteiger partial charge in [0.2, 0.25) is 0 Å². The maximum absolute atomic E-state index is 5.41. The molecule has 3 nitrogen and oxygen atoms in total. The van der Waals surface area contributed by atoms with Crippen molar-refractivity contribution in [2.45, 2.75) is 25.9 Å². The molecule has 1 saturated heterocycles. The van der Waals surface area contributed by atoms with Gasteiger partial charge in [0, 0.05) is 13.2 Å². The Kier molecular flexibility index (Phi) is 6.95. The largest absolute Gasteiger partial charge is 0.419 e. The van der Waals surface area contributed by atoms with Crippen LogP contribution < -0.4 is 0 Å². The molecular weight excluding hydrogens is 196 g/mol. The van der Waals surface area contributed by atoms with Crippen molar-refractivity contribution in [2.24, 2.45) is 0 Å². The molecule has 0 aromatic rings. The molecule has 0 aliphatic carbocycles. The Morgan fingerprint density at radius 3 is 3.14 bits per heavy atom. The molecule has 0 saturated carbocycles. The molecular formula is C10H20O3Si. The zero-order valence-electron chi connectivity index (χ0n) is 8.91. The van der Waals surface area contributed by atoms with Gasteiger partial charge >= 0.3 is 0 Å². The van der Waals surface area contributed by atoms with Crippen LogP contribution in [0.2, 0.25) is 0 Å². The van der Waals surface area contributed by atoms with E-state index in [2.05, 4.69) is 11.8 Å². The van der Waals surface area contributed by atoms with E-state index >= 15 is 0 Å². The topological polar surface area (TPSA) is 31.0 Å². The predicted molar refractivity (Wildman–Crippen MR) is 59.1 cm³/mol. The maximum Gasteiger partial charge on any atom is 0.184 e. The average molecular weight is 216 g/mol. The van der Waals surface area contributed by atoms with Crippen LogP contribution in [0, 0.1) is 0 Å². The summed E-state index contributed by atoms with van der Waals surface area (Å²) in [6.45, 7) is 5.40. The minimum absolute atomic E-state index is 0.372. The molecule has 82 valence electrons. The Balaban J connectivity index is 1.72. The Labute approximate surface area is 88.4 Å². The second kappa shape index (κ2) is 8.17. The molecule has 1 fully saturated rings. The van der Waals surface area contributed by atoms with Gasteiger partial charge in [-0.25, -0.2) is 0 Å². The van der Waals surface area contributed by atoms with Crippen molar-refractivity contribution in [1.29, 1.82) is 0 Å². The Bertz CT molecular complexity index is 157. The van der Waals surface area contributed by atoms with Gasteiger partial charge in [0.1, 0.15) is 6.10 Å². The van der Waals surface area contributed by atoms with Crippen molar-refractivity contribution in [3.05, 3.63) is 11.8 Å². The average Bonchev–Trinajstić information content (AvgIpc) is 2.99. The fraction of sp³-hybridized carbons (Fsp3) is 0.800. The summed E-state index contributed by atoms with van der Waals surface area (Å²) >= 11 is 0. The molecule has 0 bridgehead atoms. The number of hydrogen-bond donors (Lipinski definition) is 0. The molecule has 14 heavy (non-hydrogen) atoms. The summed E-state index contributed by atoms with van der Waals surface area (Å²) in [5.74, 6) is 0. The van der Waals surface area contributed by atoms with Crippen molar-refractivity contribution in [1.82, 2.24) is 0 Å². The van der Waals surface area contributed by atoms with Crippen LogP contribution in [0.4, 0.5) is 0 Å². The Morgan fingerprint density at radius 2 is 2.43 bits per heavy atom. The number of unbranched alkanes of at least 4 members (excludes halogenated alkanes) is 1. The summed E-state index contributed by atoms with van der Waals surface area (Å²) in [6.07, 6.45) is 4.81. The van der Waals surface area contributed by atoms with Gasteiger partial charge in [0.15, 0.2) is 9.76 Å². The zero-order valence-corrected chi connectivity index (χ0v) is 10.3. The van der Waals surface area contributed by atoms with Crippen LogP contribution in [0.3, 0.4) is 0 Å². The van der Waals surface area contributed by atoms with E-state index in [1.807, 2.05) is 6.92 Å². The third-order valence-corrected chi connectivity index (χ3v) is 3.12. The number of rotatable bonds is 9. The van der Waals surface area contributed by atoms with Crippen molar-refractivity contribution in [3.8, 4) is 0 Å². The van der Waals surface area contributed by atoms with Crippen LogP contribution >= 0.6 is 0 Å². The number of allylic oxidation sites excluding steroid dienone is 1. The van der Waals surface area contributed by atoms with Gasteiger partial charge in [-0.3, -0.25) is 0 Å². The van der Waals surface area contributed by atoms with Gasteiger partial charge in [-0.15, -0.1) is 0 Å². The smallest absolute Gasteiger partial charge is 0.184 e. The van der Waals surface area contributed by atoms with Crippen molar-refractivity contribution >= 4 is 9.76 Å². The maximum atomic E-state index is 5.41. The summed E-state index contributed by atoms with van der Waals surface area (Å²) in [6, 6.07) is 0. The van der Waals surface area contributed by atoms with E-state index < -0.39 is 0 Å². The third-order valence-electron chi connectivity index (χ3n) is 1.95. The second-order valence-corrected chi connectivity index (χ2v) is 4.52. The number of epoxide rings is 1. The first-order valence-corrected chi connectivity index (χ1v) is 6.75. The second-order valence-electron chi connectivity index (χ2n) is 3.30. The first-order chi connectivity index (χ1) is 6.93. The highest BCUT2D eigenvalue weighted by molar-refractivity contribution is 6.34. The van der Waals surface area contributed by atoms with Crippen LogP contribution in [0.5, 0.6) is 0 Å². The Hall–Kier alpha value is -0.163. The molecule has 1 unspecified atom stereocenters. The van der Waals surface area contributed by atoms with Crippen LogP contribution in [0.15, 0.2) is 11.8 Å². The summed E-state index contributed by atoms with van der Waals surface area (Å²) in [7, 11) is -0.372. The molecule has 0 aromatic carbocycles. The van der Waals surface area contributed by atoms with Crippen LogP contribution in [0.25, 0.3) is 0 Å². The Morgan fingerprint density at radius 1 is 1.57 bits per heavy atom. The van der Waals surface area contributed by atoms with E-state index in [0.29, 0.717) is 6.10 Å². The van der Waals surface area contributed by atoms with E-state index in [1.165, 1.54) is 0 Å². The van der Waals surface area contributed by atoms with Crippen LogP contribution in [0.1, 0.15) is 19.8 Å². The summed E-state index contributed by atoms with van der Waals surface area (Å²) < 4.78 is 15.7. The van der Waals surface area contributed by atoms with Crippen molar-refractivity contribution in [3.63, 3.8) is 0 Å². The van der Waals surface area contributed by atoms with E-state index in [4.69, 9.17) is 13.9 Å². The standard InChI is InChI=1S/C10H20O3Si/c1-2-13-14-7-5-3-4-6-11-8-10-9-12-10/h5,7,10H,2-4,6,8-9,14H2,1H3. The highest BCUT2D eigenvalue weighted by Crippen LogP contribution is 2.08. The molecule has 0 spiro atoms. The van der Waals surface area contributed by atoms with Gasteiger partial charge in [-0.2, -0.15) is 0 Å². The molecule has 1 heterocycles. The lowest BCUT2D eigenvalue weighted by molar-refractivity contribution is 0.115. The van der Waals surface area contributed by atoms with Crippen LogP contribution in [-0.4, -0.2) is 42.3 Å². The monoisotopic (exact) mass is 216 g/mol. The molecule has 1 rings (SSSR count). The fourth-order valence-electron chi connectivity index (χ4n) is 1.05. The molecule has 4 heteroatoms. The van der Waals surface area contributed by atoms with Gasteiger partial charge in [0.25, 0.3) is 0 Å². The van der Waals surface area contributed by atoms with Gasteiger partial charge in [-0.1, -0.05) is 11.8 Å². The zero-order chi connectivity index (χ0) is 10.1. The lowest BCUT2D eigenvalue weighted by Gasteiger charge is -1.99. The molecule has 0 N–H and O–H groups in total. The molecule has 0 amide bonds. The highest BCUT2D eigenvalue weighted by Gasteiger charge is 2.21. The van der Waals surface area contributed by atoms with Crippen molar-refractivity contribution in [2.75, 3.05) is 26.4 Å². The summed E-state index contributed by atoms with van der Waals surface area (Å²) in [5, 5.41) is 0. The lowest BCUT2D eigenvalue weighted by Crippen LogP contribution is -2.02. The SMILES string of the molecule is CCO[SiH2]C=CCCCOCC1CO1. The number of hydrogen-bond acceptors (Lipinski definition) is 3. The van der Waals surface area contributed by atoms with Crippen LogP contribution in [-0.2, 0) is 13.9 Å². The molecule has 1 aliphatic rings. The molecule has 1 aliphatic heterocycles. The van der Waals surface area contributed by atoms with E-state index in [-0.39, 0.29) is 9.76 Å². The normalized spacial score (nSPS) is 21.4. The lowest BCUT2D eigenvalue weighted by atomic mass is 10.3. The van der Waals surface area contributed by atoms with Gasteiger partial charge in [-0.05, 0) is 19.8 Å². The first-order valence-electron chi connectivity index (χ1n) is 5.35. The third kappa shape index (κ3) is 7.26. The fourth-order valence-corrected chi connectivity index (χ4v) is 1.80. The highest BCUT2D eigenvalue weighted by atomic mass is 28.2. The van der Waals surface area contributed by atoms with E-state index in [0.717, 1.165) is 39.3 Å². The molecule has 0 aromatic heterocycles. The van der Waals surface area contributed by atoms with Gasteiger partial charge < -0.3 is 13.9 Å². The molecule has 1 atom stereocenters. The predicted octanol–water partition coefficient (Wildman–Crippen LogP) is 0.816. The quantitative estimate of drug-likeness (QED) is 0.325. The minimum Gasteiger partial charge on any atom is -0.419 e. The summed E-state index contributed by atoms with van der Waals surface area (Å²) in [4.78, 5) is 0. The molecule has 0 radical (unpaired) electrons. The number of ether oxygens (including phenoxy) is 2. The minimum atomic E-state index is -0.372. The van der Waals surface area contributed by atoms with E-state index in [1.54, 1.807) is 0 Å². The van der Waals surface area contributed by atoms with Crippen molar-refractivity contribution < 1.29 is 13.9 Å². The van der Waals surface area contributed by atoms with Gasteiger partial charge in [0.05, 0.1) is 13.2 Å². The first kappa shape index (κ1) is 11.9. The summed E-state index contributed by atoms with van der Waals surface area (Å²) in [5.41, 5.74) is 2.20. The van der Waals surface area contributed by atoms with E-state index in [9.17, 15) is 0 Å².